The number of aryl methyl sites for hydroxylation is 1. The van der Waals surface area contributed by atoms with Crippen LogP contribution >= 0.6 is 0 Å². The lowest BCUT2D eigenvalue weighted by Gasteiger charge is -2.16. The number of phenolic OH excluding ortho intramolecular Hbond substituents is 1. The first-order chi connectivity index (χ1) is 7.91. The Morgan fingerprint density at radius 1 is 1.35 bits per heavy atom. The highest BCUT2D eigenvalue weighted by molar-refractivity contribution is 5.95. The normalized spacial score (nSPS) is 12.5. The molecule has 0 aromatic heterocycles. The number of hydrogen-bond donors (Lipinski definition) is 2. The van der Waals surface area contributed by atoms with E-state index in [1.54, 1.807) is 12.1 Å². The first-order valence-electron chi connectivity index (χ1n) is 5.99. The number of aromatic hydroxyl groups is 1. The van der Waals surface area contributed by atoms with Gasteiger partial charge in [0.1, 0.15) is 5.75 Å². The Labute approximate surface area is 103 Å². The number of hydrogen-bond acceptors (Lipinski definition) is 2. The quantitative estimate of drug-likeness (QED) is 0.843. The van der Waals surface area contributed by atoms with Crippen molar-refractivity contribution in [3.8, 4) is 5.75 Å². The molecule has 0 spiro atoms. The maximum absolute atomic E-state index is 11.9. The molecule has 0 radical (unpaired) electrons. The summed E-state index contributed by atoms with van der Waals surface area (Å²) in [4.78, 5) is 11.9. The summed E-state index contributed by atoms with van der Waals surface area (Å²) in [5, 5.41) is 12.2. The standard InChI is InChI=1S/C14H21NO2/c1-9(2)11(4)8-15-14(17)13-6-5-12(16)7-10(13)3/h5-7,9,11,16H,8H2,1-4H3,(H,15,17). The second kappa shape index (κ2) is 5.71. The van der Waals surface area contributed by atoms with Crippen molar-refractivity contribution >= 4 is 5.91 Å². The van der Waals surface area contributed by atoms with E-state index in [1.165, 1.54) is 6.07 Å². The van der Waals surface area contributed by atoms with Crippen LogP contribution in [0.2, 0.25) is 0 Å². The molecule has 0 saturated carbocycles. The van der Waals surface area contributed by atoms with Crippen molar-refractivity contribution in [2.45, 2.75) is 27.7 Å². The van der Waals surface area contributed by atoms with Crippen LogP contribution in [-0.4, -0.2) is 17.6 Å². The summed E-state index contributed by atoms with van der Waals surface area (Å²) in [6.07, 6.45) is 0. The van der Waals surface area contributed by atoms with Gasteiger partial charge >= 0.3 is 0 Å². The molecule has 1 amide bonds. The molecule has 1 atom stereocenters. The molecule has 1 unspecified atom stereocenters. The molecule has 0 aliphatic rings. The van der Waals surface area contributed by atoms with Gasteiger partial charge in [-0.15, -0.1) is 0 Å². The molecular weight excluding hydrogens is 214 g/mol. The third-order valence-electron chi connectivity index (χ3n) is 3.18. The number of rotatable bonds is 4. The molecule has 3 heteroatoms. The van der Waals surface area contributed by atoms with Gasteiger partial charge in [0.2, 0.25) is 0 Å². The summed E-state index contributed by atoms with van der Waals surface area (Å²) in [5.74, 6) is 1.12. The van der Waals surface area contributed by atoms with Crippen LogP contribution in [0.5, 0.6) is 5.75 Å². The fourth-order valence-corrected chi connectivity index (χ4v) is 1.49. The van der Waals surface area contributed by atoms with Crippen LogP contribution in [0.3, 0.4) is 0 Å². The van der Waals surface area contributed by atoms with Crippen molar-refractivity contribution in [2.75, 3.05) is 6.54 Å². The topological polar surface area (TPSA) is 49.3 Å². The van der Waals surface area contributed by atoms with Crippen LogP contribution in [0.4, 0.5) is 0 Å². The van der Waals surface area contributed by atoms with Gasteiger partial charge in [-0.05, 0) is 42.5 Å². The molecule has 0 aliphatic heterocycles. The molecule has 1 rings (SSSR count). The number of carbonyl (C=O) groups excluding carboxylic acids is 1. The molecule has 3 nitrogen and oxygen atoms in total. The molecular formula is C14H21NO2. The summed E-state index contributed by atoms with van der Waals surface area (Å²) < 4.78 is 0. The largest absolute Gasteiger partial charge is 0.508 e. The summed E-state index contributed by atoms with van der Waals surface area (Å²) >= 11 is 0. The van der Waals surface area contributed by atoms with Crippen molar-refractivity contribution in [1.82, 2.24) is 5.32 Å². The number of amides is 1. The highest BCUT2D eigenvalue weighted by Gasteiger charge is 2.12. The Bertz CT molecular complexity index is 399. The average molecular weight is 235 g/mol. The zero-order chi connectivity index (χ0) is 13.0. The molecule has 17 heavy (non-hydrogen) atoms. The second-order valence-electron chi connectivity index (χ2n) is 4.93. The lowest BCUT2D eigenvalue weighted by atomic mass is 9.98. The van der Waals surface area contributed by atoms with Crippen LogP contribution in [0.15, 0.2) is 18.2 Å². The van der Waals surface area contributed by atoms with Crippen molar-refractivity contribution in [3.63, 3.8) is 0 Å². The van der Waals surface area contributed by atoms with E-state index in [2.05, 4.69) is 26.1 Å². The van der Waals surface area contributed by atoms with Crippen LogP contribution < -0.4 is 5.32 Å². The van der Waals surface area contributed by atoms with Crippen LogP contribution in [0.1, 0.15) is 36.7 Å². The van der Waals surface area contributed by atoms with Gasteiger partial charge < -0.3 is 10.4 Å². The van der Waals surface area contributed by atoms with E-state index in [0.29, 0.717) is 23.9 Å². The number of carbonyl (C=O) groups is 1. The van der Waals surface area contributed by atoms with E-state index in [4.69, 9.17) is 0 Å². The van der Waals surface area contributed by atoms with Gasteiger partial charge in [-0.2, -0.15) is 0 Å². The molecule has 0 saturated heterocycles. The molecule has 2 N–H and O–H groups in total. The third kappa shape index (κ3) is 3.77. The Morgan fingerprint density at radius 3 is 2.53 bits per heavy atom. The third-order valence-corrected chi connectivity index (χ3v) is 3.18. The van der Waals surface area contributed by atoms with Crippen molar-refractivity contribution in [3.05, 3.63) is 29.3 Å². The smallest absolute Gasteiger partial charge is 0.251 e. The summed E-state index contributed by atoms with van der Waals surface area (Å²) in [7, 11) is 0. The monoisotopic (exact) mass is 235 g/mol. The minimum atomic E-state index is -0.0741. The van der Waals surface area contributed by atoms with Gasteiger partial charge in [0.25, 0.3) is 5.91 Å². The minimum absolute atomic E-state index is 0.0741. The van der Waals surface area contributed by atoms with E-state index in [-0.39, 0.29) is 11.7 Å². The number of benzene rings is 1. The lowest BCUT2D eigenvalue weighted by molar-refractivity contribution is 0.0944. The van der Waals surface area contributed by atoms with Gasteiger partial charge in [-0.25, -0.2) is 0 Å². The predicted molar refractivity (Wildman–Crippen MR) is 69.2 cm³/mol. The van der Waals surface area contributed by atoms with Gasteiger partial charge in [-0.1, -0.05) is 20.8 Å². The zero-order valence-corrected chi connectivity index (χ0v) is 10.9. The molecule has 0 bridgehead atoms. The van der Waals surface area contributed by atoms with Crippen LogP contribution in [-0.2, 0) is 0 Å². The first kappa shape index (κ1) is 13.6. The number of nitrogens with one attached hydrogen (secondary N) is 1. The molecule has 0 fully saturated rings. The van der Waals surface area contributed by atoms with Crippen molar-refractivity contribution in [1.29, 1.82) is 0 Å². The zero-order valence-electron chi connectivity index (χ0n) is 10.9. The Morgan fingerprint density at radius 2 is 2.00 bits per heavy atom. The maximum atomic E-state index is 11.9. The predicted octanol–water partition coefficient (Wildman–Crippen LogP) is 2.72. The highest BCUT2D eigenvalue weighted by Crippen LogP contribution is 2.16. The van der Waals surface area contributed by atoms with Crippen LogP contribution in [0, 0.1) is 18.8 Å². The SMILES string of the molecule is Cc1cc(O)ccc1C(=O)NCC(C)C(C)C. The summed E-state index contributed by atoms with van der Waals surface area (Å²) in [6.45, 7) is 8.90. The van der Waals surface area contributed by atoms with Gasteiger partial charge in [-0.3, -0.25) is 4.79 Å². The Kier molecular flexibility index (Phi) is 4.55. The Balaban J connectivity index is 2.64. The molecule has 0 aliphatic carbocycles. The summed E-state index contributed by atoms with van der Waals surface area (Å²) in [6, 6.07) is 4.79. The van der Waals surface area contributed by atoms with Gasteiger partial charge in [0.05, 0.1) is 0 Å². The fourth-order valence-electron chi connectivity index (χ4n) is 1.49. The van der Waals surface area contributed by atoms with E-state index < -0.39 is 0 Å². The van der Waals surface area contributed by atoms with Crippen molar-refractivity contribution in [2.24, 2.45) is 11.8 Å². The fraction of sp³-hybridized carbons (Fsp3) is 0.500. The summed E-state index contributed by atoms with van der Waals surface area (Å²) in [5.41, 5.74) is 1.42. The van der Waals surface area contributed by atoms with E-state index in [9.17, 15) is 9.90 Å². The van der Waals surface area contributed by atoms with Gasteiger partial charge in [0, 0.05) is 12.1 Å². The van der Waals surface area contributed by atoms with Crippen molar-refractivity contribution < 1.29 is 9.90 Å². The highest BCUT2D eigenvalue weighted by atomic mass is 16.3. The molecule has 1 aromatic carbocycles. The average Bonchev–Trinajstić information content (AvgIpc) is 2.25. The number of phenols is 1. The van der Waals surface area contributed by atoms with Gasteiger partial charge in [0.15, 0.2) is 0 Å². The van der Waals surface area contributed by atoms with Crippen LogP contribution in [0.25, 0.3) is 0 Å². The van der Waals surface area contributed by atoms with E-state index in [1.807, 2.05) is 6.92 Å². The molecule has 1 aromatic rings. The van der Waals surface area contributed by atoms with E-state index >= 15 is 0 Å². The second-order valence-corrected chi connectivity index (χ2v) is 4.93. The molecule has 94 valence electrons. The minimum Gasteiger partial charge on any atom is -0.508 e. The van der Waals surface area contributed by atoms with E-state index in [0.717, 1.165) is 5.56 Å². The first-order valence-corrected chi connectivity index (χ1v) is 5.99. The molecule has 0 heterocycles. The lowest BCUT2D eigenvalue weighted by Crippen LogP contribution is -2.30. The maximum Gasteiger partial charge on any atom is 0.251 e. The Hall–Kier alpha value is -1.51.